The molecular weight excluding hydrogens is 412 g/mol. The van der Waals surface area contributed by atoms with E-state index in [0.717, 1.165) is 42.2 Å². The quantitative estimate of drug-likeness (QED) is 0.598. The summed E-state index contributed by atoms with van der Waals surface area (Å²) in [6.45, 7) is 6.92. The molecule has 0 bridgehead atoms. The van der Waals surface area contributed by atoms with Crippen molar-refractivity contribution >= 4 is 21.5 Å². The van der Waals surface area contributed by atoms with Gasteiger partial charge in [-0.25, -0.2) is 13.4 Å². The summed E-state index contributed by atoms with van der Waals surface area (Å²) in [5.41, 5.74) is 3.03. The third kappa shape index (κ3) is 4.47. The topological polar surface area (TPSA) is 93.0 Å². The third-order valence-corrected chi connectivity index (χ3v) is 7.44. The molecule has 4 heterocycles. The number of nitrogens with one attached hydrogen (secondary N) is 1. The summed E-state index contributed by atoms with van der Waals surface area (Å²) in [6.07, 6.45) is 5.84. The molecule has 0 unspecified atom stereocenters. The largest absolute Gasteiger partial charge is 0.339 e. The molecule has 0 aromatic carbocycles. The highest BCUT2D eigenvalue weighted by Gasteiger charge is 2.38. The number of hydrogen-bond donors (Lipinski definition) is 1. The Labute approximate surface area is 183 Å². The van der Waals surface area contributed by atoms with E-state index in [1.807, 2.05) is 44.2 Å². The van der Waals surface area contributed by atoms with Crippen LogP contribution in [0.2, 0.25) is 0 Å². The highest BCUT2D eigenvalue weighted by molar-refractivity contribution is 7.89. The highest BCUT2D eigenvalue weighted by atomic mass is 32.2. The van der Waals surface area contributed by atoms with Crippen molar-refractivity contribution in [2.45, 2.75) is 57.5 Å². The zero-order valence-electron chi connectivity index (χ0n) is 18.1. The van der Waals surface area contributed by atoms with Crippen molar-refractivity contribution in [1.29, 1.82) is 0 Å². The van der Waals surface area contributed by atoms with Gasteiger partial charge in [0.1, 0.15) is 10.7 Å². The fourth-order valence-electron chi connectivity index (χ4n) is 3.98. The van der Waals surface area contributed by atoms with E-state index in [1.54, 1.807) is 28.3 Å². The molecule has 0 aliphatic carbocycles. The molecule has 0 amide bonds. The lowest BCUT2D eigenvalue weighted by Gasteiger charge is -2.23. The van der Waals surface area contributed by atoms with E-state index < -0.39 is 10.0 Å². The molecule has 164 valence electrons. The average Bonchev–Trinajstić information content (AvgIpc) is 3.37. The van der Waals surface area contributed by atoms with Crippen molar-refractivity contribution in [1.82, 2.24) is 24.1 Å². The lowest BCUT2D eigenvalue weighted by Crippen LogP contribution is -2.31. The third-order valence-electron chi connectivity index (χ3n) is 5.43. The average molecular weight is 441 g/mol. The molecule has 4 rings (SSSR count). The minimum absolute atomic E-state index is 0.273. The van der Waals surface area contributed by atoms with E-state index in [2.05, 4.69) is 20.4 Å². The Kier molecular flexibility index (Phi) is 6.06. The molecule has 0 saturated carbocycles. The molecule has 3 aromatic rings. The number of sulfonamides is 1. The van der Waals surface area contributed by atoms with Crippen molar-refractivity contribution < 1.29 is 8.42 Å². The van der Waals surface area contributed by atoms with Gasteiger partial charge in [-0.1, -0.05) is 13.0 Å². The van der Waals surface area contributed by atoms with Crippen LogP contribution in [0.25, 0.3) is 0 Å². The van der Waals surface area contributed by atoms with Crippen LogP contribution in [0, 0.1) is 13.8 Å². The number of nitrogens with zero attached hydrogens (tertiary/aromatic N) is 5. The molecule has 3 aromatic heterocycles. The van der Waals surface area contributed by atoms with E-state index in [-0.39, 0.29) is 10.9 Å². The van der Waals surface area contributed by atoms with Crippen LogP contribution in [0.4, 0.5) is 11.5 Å². The Hall–Kier alpha value is -2.78. The molecule has 0 spiro atoms. The summed E-state index contributed by atoms with van der Waals surface area (Å²) in [5.74, 6) is 0.749. The molecule has 1 aliphatic rings. The first kappa shape index (κ1) is 21.5. The lowest BCUT2D eigenvalue weighted by atomic mass is 10.1. The molecule has 1 atom stereocenters. The number of aryl methyl sites for hydroxylation is 3. The van der Waals surface area contributed by atoms with E-state index in [4.69, 9.17) is 0 Å². The van der Waals surface area contributed by atoms with Crippen LogP contribution in [-0.2, 0) is 16.6 Å². The number of hydrogen-bond acceptors (Lipinski definition) is 6. The summed E-state index contributed by atoms with van der Waals surface area (Å²) < 4.78 is 30.1. The van der Waals surface area contributed by atoms with Crippen LogP contribution < -0.4 is 5.32 Å². The van der Waals surface area contributed by atoms with E-state index >= 15 is 0 Å². The standard InChI is InChI=1S/C22H28N6O2S/c1-4-12-27-15-21(17(3)26-27)31(29,30)28-13-6-8-20(28)19-11-10-18(14-23-19)25-22-9-5-7-16(2)24-22/h5,7,9-11,14-15,20H,4,6,8,12-13H2,1-3H3,(H,24,25)/t20-/m1/s1. The predicted molar refractivity (Wildman–Crippen MR) is 120 cm³/mol. The Balaban J connectivity index is 1.55. The Morgan fingerprint density at radius 3 is 2.74 bits per heavy atom. The smallest absolute Gasteiger partial charge is 0.247 e. The van der Waals surface area contributed by atoms with Gasteiger partial charge in [0.05, 0.1) is 29.3 Å². The van der Waals surface area contributed by atoms with Gasteiger partial charge in [-0.2, -0.15) is 9.40 Å². The number of aromatic nitrogens is 4. The fourth-order valence-corrected chi connectivity index (χ4v) is 5.82. The summed E-state index contributed by atoms with van der Waals surface area (Å²) in [7, 11) is -3.64. The maximum atomic E-state index is 13.4. The van der Waals surface area contributed by atoms with Crippen molar-refractivity contribution in [3.63, 3.8) is 0 Å². The second-order valence-corrected chi connectivity index (χ2v) is 9.74. The van der Waals surface area contributed by atoms with E-state index in [1.165, 1.54) is 0 Å². The first-order valence-electron chi connectivity index (χ1n) is 10.6. The number of anilines is 2. The van der Waals surface area contributed by atoms with Crippen LogP contribution in [0.5, 0.6) is 0 Å². The monoisotopic (exact) mass is 440 g/mol. The zero-order valence-corrected chi connectivity index (χ0v) is 18.9. The second-order valence-electron chi connectivity index (χ2n) is 7.88. The van der Waals surface area contributed by atoms with Crippen molar-refractivity contribution in [3.8, 4) is 0 Å². The lowest BCUT2D eigenvalue weighted by molar-refractivity contribution is 0.390. The Morgan fingerprint density at radius 2 is 2.03 bits per heavy atom. The van der Waals surface area contributed by atoms with Gasteiger partial charge >= 0.3 is 0 Å². The van der Waals surface area contributed by atoms with E-state index in [9.17, 15) is 8.42 Å². The van der Waals surface area contributed by atoms with Crippen molar-refractivity contribution in [2.75, 3.05) is 11.9 Å². The number of rotatable bonds is 7. The molecule has 9 heteroatoms. The molecule has 1 fully saturated rings. The number of pyridine rings is 2. The SMILES string of the molecule is CCCn1cc(S(=O)(=O)N2CCC[C@@H]2c2ccc(Nc3cccc(C)n3)cn2)c(C)n1. The Bertz CT molecular complexity index is 1160. The van der Waals surface area contributed by atoms with Gasteiger partial charge in [0.25, 0.3) is 0 Å². The van der Waals surface area contributed by atoms with Crippen LogP contribution in [0.15, 0.2) is 47.6 Å². The summed E-state index contributed by atoms with van der Waals surface area (Å²) in [6, 6.07) is 9.32. The first-order chi connectivity index (χ1) is 14.9. The Morgan fingerprint density at radius 1 is 1.19 bits per heavy atom. The fraction of sp³-hybridized carbons (Fsp3) is 0.409. The summed E-state index contributed by atoms with van der Waals surface area (Å²) in [4.78, 5) is 9.30. The first-order valence-corrected chi connectivity index (χ1v) is 12.0. The van der Waals surface area contributed by atoms with Gasteiger partial charge in [0.2, 0.25) is 10.0 Å². The minimum Gasteiger partial charge on any atom is -0.339 e. The normalized spacial score (nSPS) is 17.2. The molecule has 1 aliphatic heterocycles. The zero-order chi connectivity index (χ0) is 22.0. The van der Waals surface area contributed by atoms with Crippen LogP contribution in [0.3, 0.4) is 0 Å². The van der Waals surface area contributed by atoms with Crippen LogP contribution >= 0.6 is 0 Å². The van der Waals surface area contributed by atoms with Gasteiger partial charge < -0.3 is 5.32 Å². The van der Waals surface area contributed by atoms with Gasteiger partial charge in [-0.3, -0.25) is 9.67 Å². The molecule has 31 heavy (non-hydrogen) atoms. The minimum atomic E-state index is -3.64. The van der Waals surface area contributed by atoms with Gasteiger partial charge in [-0.05, 0) is 57.4 Å². The second kappa shape index (κ2) is 8.76. The maximum absolute atomic E-state index is 13.4. The van der Waals surface area contributed by atoms with Crippen molar-refractivity contribution in [2.24, 2.45) is 0 Å². The molecular formula is C22H28N6O2S. The molecule has 0 radical (unpaired) electrons. The molecule has 8 nitrogen and oxygen atoms in total. The van der Waals surface area contributed by atoms with Crippen LogP contribution in [0.1, 0.15) is 49.3 Å². The highest BCUT2D eigenvalue weighted by Crippen LogP contribution is 2.36. The van der Waals surface area contributed by atoms with Crippen LogP contribution in [-0.4, -0.2) is 39.0 Å². The summed E-state index contributed by atoms with van der Waals surface area (Å²) in [5, 5.41) is 7.61. The van der Waals surface area contributed by atoms with Gasteiger partial charge in [-0.15, -0.1) is 0 Å². The predicted octanol–water partition coefficient (Wildman–Crippen LogP) is 3.97. The van der Waals surface area contributed by atoms with E-state index in [0.29, 0.717) is 18.8 Å². The molecule has 1 saturated heterocycles. The molecule has 1 N–H and O–H groups in total. The van der Waals surface area contributed by atoms with Gasteiger partial charge in [0, 0.05) is 25.0 Å². The summed E-state index contributed by atoms with van der Waals surface area (Å²) >= 11 is 0. The maximum Gasteiger partial charge on any atom is 0.247 e. The van der Waals surface area contributed by atoms with Gasteiger partial charge in [0.15, 0.2) is 0 Å². The van der Waals surface area contributed by atoms with Crippen molar-refractivity contribution in [3.05, 3.63) is 59.8 Å².